The second-order valence-electron chi connectivity index (χ2n) is 6.38. The molecule has 0 atom stereocenters. The Hall–Kier alpha value is -3.37. The number of carbonyl (C=O) groups excluding carboxylic acids is 1. The zero-order valence-electron chi connectivity index (χ0n) is 15.4. The van der Waals surface area contributed by atoms with Crippen molar-refractivity contribution < 1.29 is 32.6 Å². The Kier molecular flexibility index (Phi) is 5.57. The molecule has 11 heteroatoms. The Labute approximate surface area is 163 Å². The molecule has 0 bridgehead atoms. The minimum absolute atomic E-state index is 0.0641. The van der Waals surface area contributed by atoms with E-state index in [1.165, 1.54) is 31.4 Å². The van der Waals surface area contributed by atoms with Gasteiger partial charge in [-0.2, -0.15) is 13.2 Å². The van der Waals surface area contributed by atoms with E-state index in [-0.39, 0.29) is 22.9 Å². The molecule has 29 heavy (non-hydrogen) atoms. The van der Waals surface area contributed by atoms with Crippen molar-refractivity contribution in [1.29, 1.82) is 0 Å². The number of carbonyl (C=O) groups is 1. The van der Waals surface area contributed by atoms with Gasteiger partial charge in [0.1, 0.15) is 19.3 Å². The summed E-state index contributed by atoms with van der Waals surface area (Å²) in [7, 11) is 1.31. The molecule has 0 aliphatic carbocycles. The molecule has 1 aliphatic rings. The first-order valence-electron chi connectivity index (χ1n) is 8.66. The standard InChI is InChI=1S/C18H17F3N4O4/c1-29-15-4-2-12(10-14(15)25(27)28)17(26)24-8-6-23(7-9-24)16-5-3-13(11-22-16)18(19,20)21/h2-5,10-11H,6-9H2,1H3/p+1. The Morgan fingerprint density at radius 2 is 1.86 bits per heavy atom. The highest BCUT2D eigenvalue weighted by Gasteiger charge is 2.33. The number of methoxy groups -OCH3 is 1. The zero-order valence-corrected chi connectivity index (χ0v) is 15.4. The molecule has 0 spiro atoms. The van der Waals surface area contributed by atoms with Crippen molar-refractivity contribution in [2.75, 3.05) is 38.2 Å². The molecule has 1 aromatic heterocycles. The third-order valence-corrected chi connectivity index (χ3v) is 4.65. The summed E-state index contributed by atoms with van der Waals surface area (Å²) < 4.78 is 42.9. The molecular weight excluding hydrogens is 393 g/mol. The van der Waals surface area contributed by atoms with Gasteiger partial charge in [0.05, 0.1) is 30.7 Å². The van der Waals surface area contributed by atoms with Gasteiger partial charge in [-0.15, -0.1) is 0 Å². The zero-order chi connectivity index (χ0) is 21.2. The summed E-state index contributed by atoms with van der Waals surface area (Å²) in [4.78, 5) is 29.2. The van der Waals surface area contributed by atoms with Crippen LogP contribution in [0.5, 0.6) is 5.75 Å². The Morgan fingerprint density at radius 3 is 2.38 bits per heavy atom. The lowest BCUT2D eigenvalue weighted by atomic mass is 10.1. The minimum Gasteiger partial charge on any atom is -0.490 e. The molecule has 1 N–H and O–H groups in total. The third kappa shape index (κ3) is 4.39. The Balaban J connectivity index is 1.67. The normalized spacial score (nSPS) is 14.6. The van der Waals surface area contributed by atoms with E-state index in [4.69, 9.17) is 4.74 Å². The molecule has 2 aromatic rings. The number of anilines is 1. The van der Waals surface area contributed by atoms with Gasteiger partial charge >= 0.3 is 11.9 Å². The molecule has 0 radical (unpaired) electrons. The van der Waals surface area contributed by atoms with Crippen molar-refractivity contribution in [3.63, 3.8) is 0 Å². The number of amides is 1. The van der Waals surface area contributed by atoms with Crippen molar-refractivity contribution in [2.45, 2.75) is 6.18 Å². The monoisotopic (exact) mass is 411 g/mol. The molecule has 3 rings (SSSR count). The minimum atomic E-state index is -4.42. The second kappa shape index (κ2) is 7.94. The molecule has 0 saturated carbocycles. The average molecular weight is 411 g/mol. The highest BCUT2D eigenvalue weighted by atomic mass is 19.4. The van der Waals surface area contributed by atoms with Gasteiger partial charge in [-0.3, -0.25) is 19.8 Å². The lowest BCUT2D eigenvalue weighted by Gasteiger charge is -2.31. The van der Waals surface area contributed by atoms with Crippen LogP contribution in [0, 0.1) is 10.1 Å². The number of pyridine rings is 1. The lowest BCUT2D eigenvalue weighted by molar-refractivity contribution is -0.385. The fraction of sp³-hybridized carbons (Fsp3) is 0.333. The van der Waals surface area contributed by atoms with E-state index in [0.717, 1.165) is 12.3 Å². The fourth-order valence-electron chi connectivity index (χ4n) is 3.09. The summed E-state index contributed by atoms with van der Waals surface area (Å²) in [6.45, 7) is 1.47. The summed E-state index contributed by atoms with van der Waals surface area (Å²) >= 11 is 0. The number of benzene rings is 1. The molecule has 8 nitrogen and oxygen atoms in total. The van der Waals surface area contributed by atoms with Crippen LogP contribution in [-0.2, 0) is 6.18 Å². The molecule has 1 fully saturated rings. The van der Waals surface area contributed by atoms with Gasteiger partial charge in [0.2, 0.25) is 0 Å². The van der Waals surface area contributed by atoms with E-state index in [1.807, 2.05) is 4.90 Å². The molecule has 1 amide bonds. The quantitative estimate of drug-likeness (QED) is 0.569. The maximum Gasteiger partial charge on any atom is 0.419 e. The number of hydrogen-bond donors (Lipinski definition) is 0. The molecule has 0 unspecified atom stereocenters. The first-order valence-corrected chi connectivity index (χ1v) is 8.66. The van der Waals surface area contributed by atoms with Crippen LogP contribution in [0.1, 0.15) is 15.9 Å². The van der Waals surface area contributed by atoms with Crippen molar-refractivity contribution in [3.8, 4) is 5.75 Å². The maximum absolute atomic E-state index is 12.7. The van der Waals surface area contributed by atoms with E-state index in [2.05, 4.69) is 4.98 Å². The van der Waals surface area contributed by atoms with Crippen LogP contribution >= 0.6 is 0 Å². The topological polar surface area (TPSA) is 90.1 Å². The number of halogens is 3. The third-order valence-electron chi connectivity index (χ3n) is 4.65. The van der Waals surface area contributed by atoms with Gasteiger partial charge in [-0.25, -0.2) is 4.98 Å². The fourth-order valence-corrected chi connectivity index (χ4v) is 3.09. The van der Waals surface area contributed by atoms with Crippen LogP contribution in [0.15, 0.2) is 36.5 Å². The smallest absolute Gasteiger partial charge is 0.419 e. The summed E-state index contributed by atoms with van der Waals surface area (Å²) in [5, 5.41) is 11.1. The Morgan fingerprint density at radius 1 is 1.17 bits per heavy atom. The average Bonchev–Trinajstić information content (AvgIpc) is 2.72. The molecule has 154 valence electrons. The van der Waals surface area contributed by atoms with E-state index >= 15 is 0 Å². The van der Waals surface area contributed by atoms with Gasteiger partial charge in [-0.05, 0) is 18.2 Å². The number of rotatable bonds is 4. The first-order chi connectivity index (χ1) is 13.7. The number of piperazine rings is 1. The number of hydrogen-bond acceptors (Lipinski definition) is 5. The number of ether oxygens (including phenoxy) is 1. The van der Waals surface area contributed by atoms with E-state index < -0.39 is 16.7 Å². The number of nitrogens with one attached hydrogen (secondary N) is 1. The molecule has 1 aliphatic heterocycles. The second-order valence-corrected chi connectivity index (χ2v) is 6.38. The highest BCUT2D eigenvalue weighted by Crippen LogP contribution is 2.29. The number of nitro benzene ring substituents is 1. The molecule has 2 heterocycles. The lowest BCUT2D eigenvalue weighted by Crippen LogP contribution is -2.50. The van der Waals surface area contributed by atoms with E-state index in [9.17, 15) is 28.1 Å². The van der Waals surface area contributed by atoms with Crippen LogP contribution in [0.3, 0.4) is 0 Å². The number of nitrogens with zero attached hydrogens (tertiary/aromatic N) is 3. The number of H-pyrrole nitrogens is 1. The number of aromatic amines is 1. The van der Waals surface area contributed by atoms with Gasteiger partial charge in [0.15, 0.2) is 5.75 Å². The summed E-state index contributed by atoms with van der Waals surface area (Å²) in [6, 6.07) is 6.37. The van der Waals surface area contributed by atoms with E-state index in [0.29, 0.717) is 32.0 Å². The number of nitro groups is 1. The molecule has 1 saturated heterocycles. The van der Waals surface area contributed by atoms with Gasteiger partial charge in [-0.1, -0.05) is 0 Å². The first kappa shape index (κ1) is 20.4. The molecule has 1 aromatic carbocycles. The van der Waals surface area contributed by atoms with Crippen LogP contribution in [-0.4, -0.2) is 49.0 Å². The summed E-state index contributed by atoms with van der Waals surface area (Å²) in [6.07, 6.45) is -3.51. The van der Waals surface area contributed by atoms with Gasteiger partial charge < -0.3 is 9.64 Å². The highest BCUT2D eigenvalue weighted by molar-refractivity contribution is 5.95. The Bertz CT molecular complexity index is 910. The van der Waals surface area contributed by atoms with Crippen molar-refractivity contribution in [3.05, 3.63) is 57.8 Å². The molecular formula is C18H18F3N4O4+. The predicted molar refractivity (Wildman–Crippen MR) is 95.8 cm³/mol. The maximum atomic E-state index is 12.7. The van der Waals surface area contributed by atoms with Crippen LogP contribution in [0.25, 0.3) is 0 Å². The van der Waals surface area contributed by atoms with Crippen molar-refractivity contribution >= 4 is 17.4 Å². The summed E-state index contributed by atoms with van der Waals surface area (Å²) in [5.41, 5.74) is -0.889. The predicted octanol–water partition coefficient (Wildman–Crippen LogP) is 2.40. The van der Waals surface area contributed by atoms with Crippen LogP contribution in [0.4, 0.5) is 24.7 Å². The van der Waals surface area contributed by atoms with Crippen molar-refractivity contribution in [1.82, 2.24) is 4.90 Å². The van der Waals surface area contributed by atoms with E-state index in [1.54, 1.807) is 4.90 Å². The summed E-state index contributed by atoms with van der Waals surface area (Å²) in [5.74, 6) is 0.228. The van der Waals surface area contributed by atoms with Crippen molar-refractivity contribution in [2.24, 2.45) is 0 Å². The SMILES string of the molecule is COc1ccc(C(=O)N2CCN(c3ccc(C(F)(F)F)c[nH+]3)CC2)cc1[N+](=O)[O-]. The van der Waals surface area contributed by atoms with Crippen LogP contribution in [0.2, 0.25) is 0 Å². The van der Waals surface area contributed by atoms with Crippen LogP contribution < -0.4 is 14.6 Å². The largest absolute Gasteiger partial charge is 0.490 e. The number of aromatic nitrogens is 1. The van der Waals surface area contributed by atoms with Gasteiger partial charge in [0, 0.05) is 17.7 Å². The number of alkyl halides is 3. The van der Waals surface area contributed by atoms with Gasteiger partial charge in [0.25, 0.3) is 11.7 Å².